The number of hydrogen-bond donors (Lipinski definition) is 0. The molecule has 4 nitrogen and oxygen atoms in total. The van der Waals surface area contributed by atoms with E-state index in [0.717, 1.165) is 25.2 Å². The van der Waals surface area contributed by atoms with Crippen LogP contribution in [0.15, 0.2) is 46.7 Å². The lowest BCUT2D eigenvalue weighted by atomic mass is 10.2. The summed E-state index contributed by atoms with van der Waals surface area (Å²) >= 11 is 1.75. The molecule has 1 fully saturated rings. The molecule has 0 saturated carbocycles. The van der Waals surface area contributed by atoms with E-state index in [1.165, 1.54) is 4.88 Å². The lowest BCUT2D eigenvalue weighted by Gasteiger charge is -2.33. The van der Waals surface area contributed by atoms with Crippen LogP contribution in [0.3, 0.4) is 0 Å². The van der Waals surface area contributed by atoms with Crippen molar-refractivity contribution in [3.8, 4) is 0 Å². The minimum absolute atomic E-state index is 0.393. The number of hydrogen-bond acceptors (Lipinski definition) is 4. The summed E-state index contributed by atoms with van der Waals surface area (Å²) in [6, 6.07) is 11.3. The maximum atomic E-state index is 12.6. The van der Waals surface area contributed by atoms with Gasteiger partial charge in [-0.2, -0.15) is 4.31 Å². The van der Waals surface area contributed by atoms with Gasteiger partial charge in [0.15, 0.2) is 0 Å². The maximum absolute atomic E-state index is 12.6. The number of aryl methyl sites for hydroxylation is 1. The van der Waals surface area contributed by atoms with Crippen LogP contribution in [-0.4, -0.2) is 43.8 Å². The van der Waals surface area contributed by atoms with E-state index in [-0.39, 0.29) is 0 Å². The number of sulfonamides is 1. The van der Waals surface area contributed by atoms with Crippen molar-refractivity contribution < 1.29 is 8.42 Å². The number of rotatable bonds is 4. The SMILES string of the molecule is Cc1ccc(S(=O)(=O)N2CCN(Cc3cccs3)CC2)cc1. The van der Waals surface area contributed by atoms with Crippen molar-refractivity contribution in [1.29, 1.82) is 0 Å². The fourth-order valence-corrected chi connectivity index (χ4v) is 4.78. The Kier molecular flexibility index (Phi) is 4.63. The molecular weight excluding hydrogens is 316 g/mol. The lowest BCUT2D eigenvalue weighted by Crippen LogP contribution is -2.48. The Labute approximate surface area is 136 Å². The molecule has 1 aromatic carbocycles. The zero-order valence-corrected chi connectivity index (χ0v) is 14.2. The molecule has 2 heterocycles. The Hall–Kier alpha value is -1.21. The van der Waals surface area contributed by atoms with Crippen molar-refractivity contribution in [3.63, 3.8) is 0 Å². The second-order valence-electron chi connectivity index (χ2n) is 5.57. The van der Waals surface area contributed by atoms with Crippen LogP contribution >= 0.6 is 11.3 Å². The van der Waals surface area contributed by atoms with Gasteiger partial charge in [-0.25, -0.2) is 8.42 Å². The molecule has 0 aliphatic carbocycles. The van der Waals surface area contributed by atoms with Gasteiger partial charge in [0, 0.05) is 37.6 Å². The molecule has 0 atom stereocenters. The summed E-state index contributed by atoms with van der Waals surface area (Å²) in [5.41, 5.74) is 1.07. The van der Waals surface area contributed by atoms with Gasteiger partial charge in [-0.05, 0) is 30.5 Å². The fraction of sp³-hybridized carbons (Fsp3) is 0.375. The minimum atomic E-state index is -3.35. The van der Waals surface area contributed by atoms with Gasteiger partial charge in [0.2, 0.25) is 10.0 Å². The lowest BCUT2D eigenvalue weighted by molar-refractivity contribution is 0.183. The molecular formula is C16H20N2O2S2. The Morgan fingerprint density at radius 3 is 2.32 bits per heavy atom. The van der Waals surface area contributed by atoms with Crippen LogP contribution in [0.1, 0.15) is 10.4 Å². The molecule has 2 aromatic rings. The smallest absolute Gasteiger partial charge is 0.243 e. The molecule has 0 bridgehead atoms. The Bertz CT molecular complexity index is 701. The van der Waals surface area contributed by atoms with E-state index in [1.807, 2.05) is 19.1 Å². The van der Waals surface area contributed by atoms with E-state index in [1.54, 1.807) is 27.8 Å². The first-order valence-electron chi connectivity index (χ1n) is 7.37. The van der Waals surface area contributed by atoms with Gasteiger partial charge < -0.3 is 0 Å². The Morgan fingerprint density at radius 2 is 1.73 bits per heavy atom. The molecule has 118 valence electrons. The summed E-state index contributed by atoms with van der Waals surface area (Å²) in [6.45, 7) is 5.55. The van der Waals surface area contributed by atoms with Gasteiger partial charge in [0.05, 0.1) is 4.90 Å². The van der Waals surface area contributed by atoms with Crippen molar-refractivity contribution in [1.82, 2.24) is 9.21 Å². The van der Waals surface area contributed by atoms with E-state index >= 15 is 0 Å². The first kappa shape index (κ1) is 15.7. The van der Waals surface area contributed by atoms with Gasteiger partial charge in [-0.15, -0.1) is 11.3 Å². The standard InChI is InChI=1S/C16H20N2O2S2/c1-14-4-6-16(7-5-14)22(19,20)18-10-8-17(9-11-18)13-15-3-2-12-21-15/h2-7,12H,8-11,13H2,1H3. The van der Waals surface area contributed by atoms with Gasteiger partial charge >= 0.3 is 0 Å². The van der Waals surface area contributed by atoms with Crippen LogP contribution in [-0.2, 0) is 16.6 Å². The molecule has 0 amide bonds. The first-order valence-corrected chi connectivity index (χ1v) is 9.69. The highest BCUT2D eigenvalue weighted by atomic mass is 32.2. The van der Waals surface area contributed by atoms with E-state index < -0.39 is 10.0 Å². The highest BCUT2D eigenvalue weighted by Gasteiger charge is 2.28. The largest absolute Gasteiger partial charge is 0.296 e. The van der Waals surface area contributed by atoms with Crippen LogP contribution in [0, 0.1) is 6.92 Å². The summed E-state index contributed by atoms with van der Waals surface area (Å²) in [6.07, 6.45) is 0. The molecule has 22 heavy (non-hydrogen) atoms. The zero-order chi connectivity index (χ0) is 15.6. The fourth-order valence-electron chi connectivity index (χ4n) is 2.61. The maximum Gasteiger partial charge on any atom is 0.243 e. The summed E-state index contributed by atoms with van der Waals surface area (Å²) in [5.74, 6) is 0. The van der Waals surface area contributed by atoms with Crippen molar-refractivity contribution in [3.05, 3.63) is 52.2 Å². The Balaban J connectivity index is 1.64. The number of thiophene rings is 1. The summed E-state index contributed by atoms with van der Waals surface area (Å²) in [7, 11) is -3.35. The highest BCUT2D eigenvalue weighted by molar-refractivity contribution is 7.89. The van der Waals surface area contributed by atoms with Gasteiger partial charge in [-0.1, -0.05) is 23.8 Å². The molecule has 0 N–H and O–H groups in total. The van der Waals surface area contributed by atoms with Gasteiger partial charge in [-0.3, -0.25) is 4.90 Å². The van der Waals surface area contributed by atoms with E-state index in [2.05, 4.69) is 22.4 Å². The van der Waals surface area contributed by atoms with Crippen LogP contribution in [0.4, 0.5) is 0 Å². The molecule has 0 radical (unpaired) electrons. The van der Waals surface area contributed by atoms with Crippen LogP contribution in [0.25, 0.3) is 0 Å². The third-order valence-corrected chi connectivity index (χ3v) is 6.72. The van der Waals surface area contributed by atoms with Crippen molar-refractivity contribution >= 4 is 21.4 Å². The number of piperazine rings is 1. The molecule has 0 spiro atoms. The summed E-state index contributed by atoms with van der Waals surface area (Å²) < 4.78 is 26.9. The van der Waals surface area contributed by atoms with Crippen LogP contribution in [0.5, 0.6) is 0 Å². The molecule has 1 saturated heterocycles. The quantitative estimate of drug-likeness (QED) is 0.861. The highest BCUT2D eigenvalue weighted by Crippen LogP contribution is 2.19. The second kappa shape index (κ2) is 6.50. The summed E-state index contributed by atoms with van der Waals surface area (Å²) in [4.78, 5) is 4.03. The number of benzene rings is 1. The molecule has 1 aromatic heterocycles. The predicted octanol–water partition coefficient (Wildman–Crippen LogP) is 2.56. The average molecular weight is 336 g/mol. The predicted molar refractivity (Wildman–Crippen MR) is 89.5 cm³/mol. The summed E-state index contributed by atoms with van der Waals surface area (Å²) in [5, 5.41) is 2.08. The van der Waals surface area contributed by atoms with E-state index in [0.29, 0.717) is 18.0 Å². The minimum Gasteiger partial charge on any atom is -0.296 e. The first-order chi connectivity index (χ1) is 10.6. The third kappa shape index (κ3) is 3.41. The van der Waals surface area contributed by atoms with E-state index in [4.69, 9.17) is 0 Å². The van der Waals surface area contributed by atoms with Crippen molar-refractivity contribution in [2.24, 2.45) is 0 Å². The third-order valence-electron chi connectivity index (χ3n) is 3.95. The van der Waals surface area contributed by atoms with Crippen molar-refractivity contribution in [2.45, 2.75) is 18.4 Å². The topological polar surface area (TPSA) is 40.6 Å². The molecule has 6 heteroatoms. The zero-order valence-electron chi connectivity index (χ0n) is 12.6. The molecule has 0 unspecified atom stereocenters. The van der Waals surface area contributed by atoms with Crippen molar-refractivity contribution in [2.75, 3.05) is 26.2 Å². The Morgan fingerprint density at radius 1 is 1.05 bits per heavy atom. The van der Waals surface area contributed by atoms with Gasteiger partial charge in [0.25, 0.3) is 0 Å². The number of nitrogens with zero attached hydrogens (tertiary/aromatic N) is 2. The van der Waals surface area contributed by atoms with E-state index in [9.17, 15) is 8.42 Å². The van der Waals surface area contributed by atoms with Crippen LogP contribution < -0.4 is 0 Å². The monoisotopic (exact) mass is 336 g/mol. The molecule has 3 rings (SSSR count). The van der Waals surface area contributed by atoms with Crippen LogP contribution in [0.2, 0.25) is 0 Å². The normalized spacial score (nSPS) is 17.7. The molecule has 1 aliphatic rings. The average Bonchev–Trinajstić information content (AvgIpc) is 3.01. The second-order valence-corrected chi connectivity index (χ2v) is 8.54. The molecule has 1 aliphatic heterocycles. The van der Waals surface area contributed by atoms with Gasteiger partial charge in [0.1, 0.15) is 0 Å².